The highest BCUT2D eigenvalue weighted by Gasteiger charge is 2.53. The van der Waals surface area contributed by atoms with Gasteiger partial charge in [-0.1, -0.05) is 12.8 Å². The summed E-state index contributed by atoms with van der Waals surface area (Å²) < 4.78 is 0. The summed E-state index contributed by atoms with van der Waals surface area (Å²) >= 11 is 0. The predicted molar refractivity (Wildman–Crippen MR) is 58.2 cm³/mol. The lowest BCUT2D eigenvalue weighted by molar-refractivity contribution is -0.0965. The number of nitriles is 1. The minimum absolute atomic E-state index is 0.457. The minimum Gasteiger partial charge on any atom is -0.387 e. The molecule has 1 unspecified atom stereocenters. The molecule has 1 aliphatic carbocycles. The van der Waals surface area contributed by atoms with E-state index in [1.54, 1.807) is 0 Å². The first-order chi connectivity index (χ1) is 7.12. The van der Waals surface area contributed by atoms with E-state index in [-0.39, 0.29) is 0 Å². The molecule has 1 N–H and O–H groups in total. The van der Waals surface area contributed by atoms with Crippen molar-refractivity contribution in [2.24, 2.45) is 5.41 Å². The lowest BCUT2D eigenvalue weighted by Crippen LogP contribution is -2.56. The van der Waals surface area contributed by atoms with Crippen LogP contribution in [-0.2, 0) is 0 Å². The molecule has 1 aliphatic heterocycles. The highest BCUT2D eigenvalue weighted by Crippen LogP contribution is 2.49. The zero-order valence-electron chi connectivity index (χ0n) is 9.50. The summed E-state index contributed by atoms with van der Waals surface area (Å²) in [7, 11) is 2.03. The number of β-amino-alcohol motifs (C(OH)–C–C–N with tert-alkyl or cyclic N) is 1. The van der Waals surface area contributed by atoms with E-state index in [9.17, 15) is 10.4 Å². The summed E-state index contributed by atoms with van der Waals surface area (Å²) in [4.78, 5) is 2.15. The van der Waals surface area contributed by atoms with Crippen LogP contribution < -0.4 is 0 Å². The van der Waals surface area contributed by atoms with E-state index in [1.807, 2.05) is 7.05 Å². The molecular weight excluding hydrogens is 188 g/mol. The van der Waals surface area contributed by atoms with Crippen molar-refractivity contribution in [3.8, 4) is 6.07 Å². The molecule has 1 saturated carbocycles. The van der Waals surface area contributed by atoms with Crippen LogP contribution in [0.5, 0.6) is 0 Å². The van der Waals surface area contributed by atoms with Crippen molar-refractivity contribution in [3.05, 3.63) is 0 Å². The highest BCUT2D eigenvalue weighted by molar-refractivity contribution is 5.15. The van der Waals surface area contributed by atoms with E-state index in [2.05, 4.69) is 11.0 Å². The number of hydrogen-bond acceptors (Lipinski definition) is 3. The van der Waals surface area contributed by atoms with Crippen molar-refractivity contribution < 1.29 is 5.11 Å². The summed E-state index contributed by atoms with van der Waals surface area (Å²) in [5, 5.41) is 20.1. The van der Waals surface area contributed by atoms with Crippen molar-refractivity contribution in [2.75, 3.05) is 20.1 Å². The summed E-state index contributed by atoms with van der Waals surface area (Å²) in [5.74, 6) is 0. The van der Waals surface area contributed by atoms with Crippen LogP contribution in [0.2, 0.25) is 0 Å². The topological polar surface area (TPSA) is 47.3 Å². The molecule has 15 heavy (non-hydrogen) atoms. The number of hydrogen-bond donors (Lipinski definition) is 1. The molecule has 3 nitrogen and oxygen atoms in total. The van der Waals surface area contributed by atoms with E-state index in [0.717, 1.165) is 45.1 Å². The lowest BCUT2D eigenvalue weighted by atomic mass is 9.68. The third-order valence-corrected chi connectivity index (χ3v) is 4.22. The Balaban J connectivity index is 2.22. The molecular formula is C12H20N2O. The minimum atomic E-state index is -0.759. The van der Waals surface area contributed by atoms with Crippen molar-refractivity contribution in [1.82, 2.24) is 4.90 Å². The molecule has 0 aromatic heterocycles. The Kier molecular flexibility index (Phi) is 2.74. The fourth-order valence-corrected chi connectivity index (χ4v) is 3.30. The molecule has 0 radical (unpaired) electrons. The molecule has 0 bridgehead atoms. The zero-order valence-corrected chi connectivity index (χ0v) is 9.50. The zero-order chi connectivity index (χ0) is 10.9. The summed E-state index contributed by atoms with van der Waals surface area (Å²) in [5.41, 5.74) is -1.22. The van der Waals surface area contributed by atoms with Crippen LogP contribution in [0.4, 0.5) is 0 Å². The fraction of sp³-hybridized carbons (Fsp3) is 0.917. The Morgan fingerprint density at radius 2 is 1.87 bits per heavy atom. The normalized spacial score (nSPS) is 36.3. The molecule has 0 amide bonds. The van der Waals surface area contributed by atoms with Crippen molar-refractivity contribution in [2.45, 2.75) is 44.1 Å². The van der Waals surface area contributed by atoms with Crippen LogP contribution in [-0.4, -0.2) is 35.7 Å². The molecule has 1 atom stereocenters. The number of aliphatic hydroxyl groups is 1. The van der Waals surface area contributed by atoms with Crippen LogP contribution in [0.25, 0.3) is 0 Å². The average Bonchev–Trinajstić information content (AvgIpc) is 2.67. The van der Waals surface area contributed by atoms with Gasteiger partial charge in [0.15, 0.2) is 0 Å². The van der Waals surface area contributed by atoms with Crippen molar-refractivity contribution in [3.63, 3.8) is 0 Å². The van der Waals surface area contributed by atoms with Gasteiger partial charge in [0.1, 0.15) is 0 Å². The Morgan fingerprint density at radius 3 is 2.40 bits per heavy atom. The van der Waals surface area contributed by atoms with Gasteiger partial charge in [0.05, 0.1) is 17.1 Å². The van der Waals surface area contributed by atoms with Crippen LogP contribution in [0.3, 0.4) is 0 Å². The van der Waals surface area contributed by atoms with E-state index >= 15 is 0 Å². The number of piperidine rings is 1. The van der Waals surface area contributed by atoms with Crippen LogP contribution in [0, 0.1) is 16.7 Å². The van der Waals surface area contributed by atoms with Gasteiger partial charge in [0.25, 0.3) is 0 Å². The van der Waals surface area contributed by atoms with Gasteiger partial charge in [0.2, 0.25) is 0 Å². The quantitative estimate of drug-likeness (QED) is 0.711. The van der Waals surface area contributed by atoms with Gasteiger partial charge >= 0.3 is 0 Å². The summed E-state index contributed by atoms with van der Waals surface area (Å²) in [6, 6.07) is 2.43. The number of likely N-dealkylation sites (tertiary alicyclic amines) is 1. The first kappa shape index (κ1) is 10.9. The van der Waals surface area contributed by atoms with E-state index < -0.39 is 11.0 Å². The SMILES string of the molecule is CN1CCCC(O)(C2(C#N)CCCC2)C1. The van der Waals surface area contributed by atoms with E-state index in [0.29, 0.717) is 6.54 Å². The molecule has 3 heteroatoms. The lowest BCUT2D eigenvalue weighted by Gasteiger charge is -2.46. The molecule has 2 aliphatic rings. The van der Waals surface area contributed by atoms with Gasteiger partial charge in [0, 0.05) is 6.54 Å². The maximum absolute atomic E-state index is 10.7. The Labute approximate surface area is 91.7 Å². The number of nitrogens with zero attached hydrogens (tertiary/aromatic N) is 2. The van der Waals surface area contributed by atoms with Gasteiger partial charge < -0.3 is 10.0 Å². The van der Waals surface area contributed by atoms with Gasteiger partial charge in [-0.25, -0.2) is 0 Å². The molecule has 2 fully saturated rings. The molecule has 84 valence electrons. The van der Waals surface area contributed by atoms with Gasteiger partial charge in [-0.3, -0.25) is 0 Å². The first-order valence-electron chi connectivity index (χ1n) is 5.94. The van der Waals surface area contributed by atoms with Crippen molar-refractivity contribution in [1.29, 1.82) is 5.26 Å². The third kappa shape index (κ3) is 1.66. The molecule has 1 heterocycles. The maximum atomic E-state index is 10.7. The summed E-state index contributed by atoms with van der Waals surface area (Å²) in [6.07, 6.45) is 5.77. The second-order valence-corrected chi connectivity index (χ2v) is 5.27. The third-order valence-electron chi connectivity index (χ3n) is 4.22. The Morgan fingerprint density at radius 1 is 1.20 bits per heavy atom. The standard InChI is InChI=1S/C12H20N2O/c1-14-8-4-7-12(15,10-14)11(9-13)5-2-3-6-11/h15H,2-8,10H2,1H3. The maximum Gasteiger partial charge on any atom is 0.0959 e. The van der Waals surface area contributed by atoms with Crippen LogP contribution in [0.1, 0.15) is 38.5 Å². The second-order valence-electron chi connectivity index (χ2n) is 5.27. The van der Waals surface area contributed by atoms with E-state index in [4.69, 9.17) is 0 Å². The number of likely N-dealkylation sites (N-methyl/N-ethyl adjacent to an activating group) is 1. The van der Waals surface area contributed by atoms with Gasteiger partial charge in [-0.2, -0.15) is 5.26 Å². The molecule has 0 aromatic carbocycles. The summed E-state index contributed by atoms with van der Waals surface area (Å²) in [6.45, 7) is 1.71. The van der Waals surface area contributed by atoms with E-state index in [1.165, 1.54) is 0 Å². The van der Waals surface area contributed by atoms with Gasteiger partial charge in [-0.15, -0.1) is 0 Å². The molecule has 2 rings (SSSR count). The Hall–Kier alpha value is -0.590. The molecule has 0 aromatic rings. The molecule has 0 spiro atoms. The smallest absolute Gasteiger partial charge is 0.0959 e. The van der Waals surface area contributed by atoms with Gasteiger partial charge in [-0.05, 0) is 39.3 Å². The highest BCUT2D eigenvalue weighted by atomic mass is 16.3. The second kappa shape index (κ2) is 3.77. The van der Waals surface area contributed by atoms with Crippen LogP contribution in [0.15, 0.2) is 0 Å². The Bertz CT molecular complexity index is 278. The largest absolute Gasteiger partial charge is 0.387 e. The average molecular weight is 208 g/mol. The predicted octanol–water partition coefficient (Wildman–Crippen LogP) is 1.53. The number of rotatable bonds is 1. The molecule has 1 saturated heterocycles. The first-order valence-corrected chi connectivity index (χ1v) is 5.94. The van der Waals surface area contributed by atoms with Crippen molar-refractivity contribution >= 4 is 0 Å². The monoisotopic (exact) mass is 208 g/mol. The van der Waals surface area contributed by atoms with Crippen LogP contribution >= 0.6 is 0 Å². The fourth-order valence-electron chi connectivity index (χ4n) is 3.30.